The number of rotatable bonds is 0. The summed E-state index contributed by atoms with van der Waals surface area (Å²) >= 11 is -0.133. The van der Waals surface area contributed by atoms with Gasteiger partial charge in [-0.2, -0.15) is 0 Å². The van der Waals surface area contributed by atoms with Gasteiger partial charge in [0.05, 0.1) is 0 Å². The summed E-state index contributed by atoms with van der Waals surface area (Å²) in [5, 5.41) is 0. The SMILES string of the molecule is [C-]1=[CH][Sb][c]2ccccc21.[Cl-].[Cl-].[Cl-].[Zr+4]. The molecule has 5 heteroatoms. The van der Waals surface area contributed by atoms with Crippen molar-refractivity contribution in [3.63, 3.8) is 0 Å². The van der Waals surface area contributed by atoms with Crippen LogP contribution in [0.3, 0.4) is 0 Å². The minimum absolute atomic E-state index is 0. The third-order valence-corrected chi connectivity index (χ3v) is 3.97. The molecule has 0 aromatic heterocycles. The Morgan fingerprint density at radius 3 is 2.23 bits per heavy atom. The van der Waals surface area contributed by atoms with E-state index in [1.165, 1.54) is 5.56 Å². The quantitative estimate of drug-likeness (QED) is 0.289. The third-order valence-electron chi connectivity index (χ3n) is 1.33. The van der Waals surface area contributed by atoms with Crippen LogP contribution in [0.1, 0.15) is 5.56 Å². The summed E-state index contributed by atoms with van der Waals surface area (Å²) in [7, 11) is 0. The zero-order valence-electron chi connectivity index (χ0n) is 6.47. The van der Waals surface area contributed by atoms with Crippen molar-refractivity contribution in [1.29, 1.82) is 0 Å². The molecule has 0 fully saturated rings. The van der Waals surface area contributed by atoms with Crippen molar-refractivity contribution in [3.05, 3.63) is 39.9 Å². The van der Waals surface area contributed by atoms with Gasteiger partial charge < -0.3 is 37.2 Å². The second-order valence-corrected chi connectivity index (χ2v) is 4.77. The number of benzene rings is 1. The molecule has 0 saturated carbocycles. The summed E-state index contributed by atoms with van der Waals surface area (Å²) in [6.45, 7) is 0. The van der Waals surface area contributed by atoms with E-state index in [9.17, 15) is 0 Å². The minimum atomic E-state index is -0.133. The Hall–Kier alpha value is 1.53. The molecule has 0 N–H and O–H groups in total. The number of hydrogen-bond donors (Lipinski definition) is 0. The van der Waals surface area contributed by atoms with E-state index in [4.69, 9.17) is 0 Å². The molecule has 1 radical (unpaired) electrons. The summed E-state index contributed by atoms with van der Waals surface area (Å²) < 4.78 is 3.77. The monoisotopic (exact) mass is 417 g/mol. The van der Waals surface area contributed by atoms with Crippen molar-refractivity contribution in [2.45, 2.75) is 0 Å². The predicted molar refractivity (Wildman–Crippen MR) is 38.7 cm³/mol. The summed E-state index contributed by atoms with van der Waals surface area (Å²) in [5.41, 5.74) is 1.33. The Morgan fingerprint density at radius 1 is 1.00 bits per heavy atom. The molecule has 0 saturated heterocycles. The molecule has 0 nitrogen and oxygen atoms in total. The van der Waals surface area contributed by atoms with Crippen LogP contribution in [0.15, 0.2) is 28.3 Å². The Morgan fingerprint density at radius 2 is 1.62 bits per heavy atom. The maximum Gasteiger partial charge on any atom is 4.00 e. The normalized spacial score (nSPS) is 9.54. The second-order valence-electron chi connectivity index (χ2n) is 1.92. The maximum atomic E-state index is 3.24. The van der Waals surface area contributed by atoms with Crippen LogP contribution in [0, 0.1) is 6.08 Å². The molecule has 0 aliphatic carbocycles. The molecule has 1 aliphatic rings. The number of fused-ring (bicyclic) bond motifs is 1. The predicted octanol–water partition coefficient (Wildman–Crippen LogP) is -8.30. The Kier molecular flexibility index (Phi) is 15.5. The zero-order chi connectivity index (χ0) is 6.10. The van der Waals surface area contributed by atoms with Crippen molar-refractivity contribution < 1.29 is 63.4 Å². The van der Waals surface area contributed by atoms with E-state index in [0.717, 1.165) is 0 Å². The van der Waals surface area contributed by atoms with Gasteiger partial charge in [0.15, 0.2) is 0 Å². The van der Waals surface area contributed by atoms with Crippen molar-refractivity contribution in [3.8, 4) is 0 Å². The molecule has 0 unspecified atom stereocenters. The second kappa shape index (κ2) is 10.1. The fourth-order valence-corrected chi connectivity index (χ4v) is 3.14. The molecule has 1 aromatic carbocycles. The first-order chi connectivity index (χ1) is 4.47. The van der Waals surface area contributed by atoms with Crippen molar-refractivity contribution in [2.75, 3.05) is 0 Å². The average Bonchev–Trinajstić information content (AvgIpc) is 2.33. The molecule has 0 atom stereocenters. The van der Waals surface area contributed by atoms with Gasteiger partial charge in [-0.1, -0.05) is 0 Å². The molecule has 2 rings (SSSR count). The molecule has 1 heterocycles. The van der Waals surface area contributed by atoms with Gasteiger partial charge in [-0.15, -0.1) is 0 Å². The van der Waals surface area contributed by atoms with E-state index < -0.39 is 0 Å². The molecule has 1 aromatic rings. The van der Waals surface area contributed by atoms with E-state index in [1.54, 1.807) is 3.51 Å². The molecule has 67 valence electrons. The van der Waals surface area contributed by atoms with Gasteiger partial charge in [0, 0.05) is 0 Å². The summed E-state index contributed by atoms with van der Waals surface area (Å²) in [6.07, 6.45) is 3.24. The molecular formula is C8H5Cl3SbZr. The molecule has 13 heavy (non-hydrogen) atoms. The number of halogens is 3. The Labute approximate surface area is 127 Å². The van der Waals surface area contributed by atoms with Crippen LogP contribution < -0.4 is 40.7 Å². The van der Waals surface area contributed by atoms with Crippen LogP contribution in [-0.4, -0.2) is 21.6 Å². The molecule has 1 aliphatic heterocycles. The fraction of sp³-hybridized carbons (Fsp3) is 0. The molecule has 0 bridgehead atoms. The van der Waals surface area contributed by atoms with Gasteiger partial charge in [0.1, 0.15) is 0 Å². The van der Waals surface area contributed by atoms with Gasteiger partial charge in [0.2, 0.25) is 0 Å². The Bertz CT molecular complexity index is 265. The number of hydrogen-bond acceptors (Lipinski definition) is 0. The van der Waals surface area contributed by atoms with E-state index in [2.05, 4.69) is 34.4 Å². The van der Waals surface area contributed by atoms with E-state index in [1.807, 2.05) is 0 Å². The summed E-state index contributed by atoms with van der Waals surface area (Å²) in [6, 6.07) is 8.52. The van der Waals surface area contributed by atoms with Gasteiger partial charge in [-0.3, -0.25) is 0 Å². The topological polar surface area (TPSA) is 0 Å². The van der Waals surface area contributed by atoms with Gasteiger partial charge >= 0.3 is 91.3 Å². The van der Waals surface area contributed by atoms with Crippen molar-refractivity contribution in [1.82, 2.24) is 0 Å². The van der Waals surface area contributed by atoms with Crippen LogP contribution in [-0.2, 0) is 26.2 Å². The average molecular weight is 420 g/mol. The first kappa shape index (κ1) is 20.0. The first-order valence-electron chi connectivity index (χ1n) is 2.85. The van der Waals surface area contributed by atoms with Crippen LogP contribution >= 0.6 is 0 Å². The largest absolute Gasteiger partial charge is 4.00 e. The van der Waals surface area contributed by atoms with Crippen LogP contribution in [0.2, 0.25) is 0 Å². The molecular weight excluding hydrogens is 415 g/mol. The van der Waals surface area contributed by atoms with Crippen molar-refractivity contribution >= 4 is 25.1 Å². The first-order valence-corrected chi connectivity index (χ1v) is 5.60. The van der Waals surface area contributed by atoms with Crippen LogP contribution in [0.5, 0.6) is 0 Å². The maximum absolute atomic E-state index is 3.24. The van der Waals surface area contributed by atoms with Gasteiger partial charge in [-0.25, -0.2) is 0 Å². The minimum Gasteiger partial charge on any atom is -1.00 e. The van der Waals surface area contributed by atoms with E-state index in [-0.39, 0.29) is 85.0 Å². The standard InChI is InChI=1S/C8H5.3ClH.Sb.Zr/c1-2-8-6-4-3-5-7-8;;;;;/h1,3-6H;3*1H;;/q-1;;;;;+4/p-3. The van der Waals surface area contributed by atoms with Crippen LogP contribution in [0.4, 0.5) is 0 Å². The van der Waals surface area contributed by atoms with E-state index in [0.29, 0.717) is 0 Å². The smallest absolute Gasteiger partial charge is 1.00 e. The Balaban J connectivity index is -0.000000250. The summed E-state index contributed by atoms with van der Waals surface area (Å²) in [4.78, 5) is 0. The molecule has 0 amide bonds. The van der Waals surface area contributed by atoms with Gasteiger partial charge in [-0.05, 0) is 0 Å². The van der Waals surface area contributed by atoms with E-state index >= 15 is 0 Å². The van der Waals surface area contributed by atoms with Crippen molar-refractivity contribution in [2.24, 2.45) is 0 Å². The third kappa shape index (κ3) is 5.24. The van der Waals surface area contributed by atoms with Crippen LogP contribution in [0.25, 0.3) is 0 Å². The molecule has 0 spiro atoms. The van der Waals surface area contributed by atoms with Gasteiger partial charge in [0.25, 0.3) is 0 Å². The zero-order valence-corrected chi connectivity index (χ0v) is 13.7. The summed E-state index contributed by atoms with van der Waals surface area (Å²) in [5.74, 6) is 0. The fourth-order valence-electron chi connectivity index (χ4n) is 0.880.